The fourth-order valence-corrected chi connectivity index (χ4v) is 7.29. The van der Waals surface area contributed by atoms with Gasteiger partial charge in [-0.15, -0.1) is 0 Å². The third-order valence-corrected chi connectivity index (χ3v) is 9.30. The Bertz CT molecular complexity index is 1360. The summed E-state index contributed by atoms with van der Waals surface area (Å²) in [4.78, 5) is 16.8. The van der Waals surface area contributed by atoms with Gasteiger partial charge in [0.2, 0.25) is 10.0 Å². The van der Waals surface area contributed by atoms with Crippen LogP contribution in [-0.4, -0.2) is 63.4 Å². The van der Waals surface area contributed by atoms with Crippen molar-refractivity contribution in [2.75, 3.05) is 20.2 Å². The molecule has 2 aromatic rings. The molecule has 2 aliphatic heterocycles. The minimum atomic E-state index is -3.67. The van der Waals surface area contributed by atoms with Crippen LogP contribution in [0.5, 0.6) is 11.5 Å². The summed E-state index contributed by atoms with van der Waals surface area (Å²) in [6, 6.07) is 9.60. The van der Waals surface area contributed by atoms with Gasteiger partial charge in [-0.1, -0.05) is 12.1 Å². The van der Waals surface area contributed by atoms with Crippen LogP contribution < -0.4 is 9.47 Å². The van der Waals surface area contributed by atoms with Gasteiger partial charge in [0.05, 0.1) is 23.8 Å². The van der Waals surface area contributed by atoms with Crippen LogP contribution in [0.4, 0.5) is 8.78 Å². The molecule has 1 aliphatic carbocycles. The van der Waals surface area contributed by atoms with Gasteiger partial charge in [-0.05, 0) is 61.9 Å². The van der Waals surface area contributed by atoms with E-state index in [0.717, 1.165) is 18.4 Å². The highest BCUT2D eigenvalue weighted by atomic mass is 32.2. The number of nitrogens with zero attached hydrogens (tertiary/aromatic N) is 2. The van der Waals surface area contributed by atoms with Crippen molar-refractivity contribution in [3.8, 4) is 11.5 Å². The number of aliphatic imine (C=N–C) groups is 1. The Morgan fingerprint density at radius 2 is 1.87 bits per heavy atom. The van der Waals surface area contributed by atoms with Gasteiger partial charge >= 0.3 is 12.6 Å². The molecule has 3 unspecified atom stereocenters. The van der Waals surface area contributed by atoms with Crippen LogP contribution in [0.15, 0.2) is 46.3 Å². The second-order valence-corrected chi connectivity index (χ2v) is 11.7. The summed E-state index contributed by atoms with van der Waals surface area (Å²) in [5.41, 5.74) is 2.44. The molecule has 8 nitrogen and oxygen atoms in total. The smallest absolute Gasteiger partial charge is 0.387 e. The maximum absolute atomic E-state index is 13.3. The minimum absolute atomic E-state index is 0.138. The molecule has 1 saturated heterocycles. The molecule has 0 radical (unpaired) electrons. The number of esters is 1. The van der Waals surface area contributed by atoms with Crippen molar-refractivity contribution in [3.05, 3.63) is 53.1 Å². The van der Waals surface area contributed by atoms with Crippen molar-refractivity contribution < 1.29 is 36.2 Å². The Morgan fingerprint density at radius 1 is 1.11 bits per heavy atom. The molecule has 3 aliphatic rings. The summed E-state index contributed by atoms with van der Waals surface area (Å²) in [6.07, 6.45) is 3.18. The molecule has 3 atom stereocenters. The van der Waals surface area contributed by atoms with E-state index in [0.29, 0.717) is 49.2 Å². The second kappa shape index (κ2) is 10.6. The maximum Gasteiger partial charge on any atom is 0.387 e. The number of ether oxygens (including phenoxy) is 3. The van der Waals surface area contributed by atoms with E-state index in [1.165, 1.54) is 24.4 Å². The van der Waals surface area contributed by atoms with Crippen molar-refractivity contribution in [1.29, 1.82) is 0 Å². The number of carbonyl (C=O) groups is 1. The Hall–Kier alpha value is -3.05. The lowest BCUT2D eigenvalue weighted by Gasteiger charge is -2.38. The highest BCUT2D eigenvalue weighted by Crippen LogP contribution is 2.46. The number of benzene rings is 2. The molecule has 0 N–H and O–H groups in total. The van der Waals surface area contributed by atoms with E-state index in [-0.39, 0.29) is 40.4 Å². The van der Waals surface area contributed by atoms with Crippen LogP contribution in [0.3, 0.4) is 0 Å². The molecular formula is C27H30F2N2O6S. The Morgan fingerprint density at radius 3 is 2.55 bits per heavy atom. The zero-order chi connectivity index (χ0) is 27.0. The average molecular weight is 549 g/mol. The van der Waals surface area contributed by atoms with Gasteiger partial charge in [0.1, 0.15) is 6.10 Å². The highest BCUT2D eigenvalue weighted by molar-refractivity contribution is 7.89. The van der Waals surface area contributed by atoms with E-state index >= 15 is 0 Å². The molecule has 1 saturated carbocycles. The number of alkyl halides is 2. The summed E-state index contributed by atoms with van der Waals surface area (Å²) >= 11 is 0. The Balaban J connectivity index is 1.61. The van der Waals surface area contributed by atoms with Gasteiger partial charge in [0.25, 0.3) is 0 Å². The SMILES string of the molecule is COc1cc2c(cc1OC(F)F)C(c1cccc(S(=O)(=O)N3CCCC3)c1)=NC1CCC(OC(C)=O)CC21. The summed E-state index contributed by atoms with van der Waals surface area (Å²) < 4.78 is 70.1. The van der Waals surface area contributed by atoms with Crippen LogP contribution in [0, 0.1) is 0 Å². The third-order valence-electron chi connectivity index (χ3n) is 7.41. The number of sulfonamides is 1. The largest absolute Gasteiger partial charge is 0.493 e. The number of hydrogen-bond acceptors (Lipinski definition) is 7. The summed E-state index contributed by atoms with van der Waals surface area (Å²) in [7, 11) is -2.29. The van der Waals surface area contributed by atoms with Gasteiger partial charge < -0.3 is 14.2 Å². The average Bonchev–Trinajstić information content (AvgIpc) is 3.43. The molecular weight excluding hydrogens is 518 g/mol. The van der Waals surface area contributed by atoms with Crippen LogP contribution in [0.1, 0.15) is 61.6 Å². The van der Waals surface area contributed by atoms with Gasteiger partial charge in [-0.25, -0.2) is 8.42 Å². The lowest BCUT2D eigenvalue weighted by atomic mass is 9.74. The molecule has 2 heterocycles. The van der Waals surface area contributed by atoms with Crippen LogP contribution in [0.2, 0.25) is 0 Å². The number of rotatable bonds is 7. The molecule has 0 aromatic heterocycles. The number of hydrogen-bond donors (Lipinski definition) is 0. The van der Waals surface area contributed by atoms with E-state index in [9.17, 15) is 22.0 Å². The standard InChI is InChI=1S/C27H30F2N2O6S/c1-16(32)36-18-8-9-23-21(13-18)20-14-24(35-2)25(37-27(28)29)15-22(20)26(30-23)17-6-5-7-19(12-17)38(33,34)31-10-3-4-11-31/h5-7,12,14-15,18,21,23,27H,3-4,8-11,13H2,1-2H3. The van der Waals surface area contributed by atoms with Gasteiger partial charge in [0.15, 0.2) is 11.5 Å². The number of methoxy groups -OCH3 is 1. The molecule has 11 heteroatoms. The van der Waals surface area contributed by atoms with E-state index in [4.69, 9.17) is 19.2 Å². The van der Waals surface area contributed by atoms with E-state index in [1.807, 2.05) is 0 Å². The second-order valence-electron chi connectivity index (χ2n) is 9.80. The summed E-state index contributed by atoms with van der Waals surface area (Å²) in [5, 5.41) is 0. The van der Waals surface area contributed by atoms with Crippen molar-refractivity contribution in [2.24, 2.45) is 4.99 Å². The Kier molecular flexibility index (Phi) is 7.41. The van der Waals surface area contributed by atoms with Crippen LogP contribution in [-0.2, 0) is 19.6 Å². The van der Waals surface area contributed by atoms with E-state index in [1.54, 1.807) is 30.3 Å². The monoisotopic (exact) mass is 548 g/mol. The first-order valence-corrected chi connectivity index (χ1v) is 14.1. The molecule has 0 spiro atoms. The molecule has 38 heavy (non-hydrogen) atoms. The number of halogens is 2. The topological polar surface area (TPSA) is 94.5 Å². The van der Waals surface area contributed by atoms with Gasteiger partial charge in [-0.2, -0.15) is 13.1 Å². The fourth-order valence-electron chi connectivity index (χ4n) is 5.73. The number of fused-ring (bicyclic) bond motifs is 3. The number of carbonyl (C=O) groups excluding carboxylic acids is 1. The fraction of sp³-hybridized carbons (Fsp3) is 0.481. The van der Waals surface area contributed by atoms with Gasteiger partial charge in [-0.3, -0.25) is 9.79 Å². The quantitative estimate of drug-likeness (QED) is 0.473. The van der Waals surface area contributed by atoms with E-state index in [2.05, 4.69) is 0 Å². The van der Waals surface area contributed by atoms with Crippen molar-refractivity contribution in [1.82, 2.24) is 4.31 Å². The first kappa shape index (κ1) is 26.6. The highest BCUT2D eigenvalue weighted by Gasteiger charge is 2.39. The molecule has 2 fully saturated rings. The molecule has 0 amide bonds. The third kappa shape index (κ3) is 5.13. The summed E-state index contributed by atoms with van der Waals surface area (Å²) in [6.45, 7) is -0.720. The Labute approximate surface area is 220 Å². The predicted molar refractivity (Wildman–Crippen MR) is 136 cm³/mol. The lowest BCUT2D eigenvalue weighted by Crippen LogP contribution is -2.36. The normalized spacial score (nSPS) is 23.4. The van der Waals surface area contributed by atoms with Crippen molar-refractivity contribution in [3.63, 3.8) is 0 Å². The summed E-state index contributed by atoms with van der Waals surface area (Å²) in [5.74, 6) is -0.481. The van der Waals surface area contributed by atoms with Crippen molar-refractivity contribution in [2.45, 2.75) is 68.6 Å². The molecule has 204 valence electrons. The molecule has 2 aromatic carbocycles. The van der Waals surface area contributed by atoms with Crippen LogP contribution >= 0.6 is 0 Å². The maximum atomic E-state index is 13.3. The first-order chi connectivity index (χ1) is 18.2. The van der Waals surface area contributed by atoms with E-state index < -0.39 is 16.6 Å². The molecule has 5 rings (SSSR count). The van der Waals surface area contributed by atoms with Gasteiger partial charge in [0, 0.05) is 37.1 Å². The zero-order valence-electron chi connectivity index (χ0n) is 21.2. The van der Waals surface area contributed by atoms with Crippen LogP contribution in [0.25, 0.3) is 0 Å². The minimum Gasteiger partial charge on any atom is -0.493 e. The molecule has 0 bridgehead atoms. The first-order valence-electron chi connectivity index (χ1n) is 12.7. The predicted octanol–water partition coefficient (Wildman–Crippen LogP) is 4.50. The van der Waals surface area contributed by atoms with Crippen molar-refractivity contribution >= 4 is 21.7 Å². The lowest BCUT2D eigenvalue weighted by molar-refractivity contribution is -0.148. The zero-order valence-corrected chi connectivity index (χ0v) is 22.0.